The van der Waals surface area contributed by atoms with Gasteiger partial charge in [0.25, 0.3) is 0 Å². The number of anilines is 1. The number of ether oxygens (including phenoxy) is 2. The highest BCUT2D eigenvalue weighted by Gasteiger charge is 2.22. The van der Waals surface area contributed by atoms with Crippen LogP contribution in [0.5, 0.6) is 0 Å². The summed E-state index contributed by atoms with van der Waals surface area (Å²) in [6.45, 7) is 9.32. The van der Waals surface area contributed by atoms with E-state index >= 15 is 0 Å². The fourth-order valence-electron chi connectivity index (χ4n) is 3.79. The molecule has 3 rings (SSSR count). The van der Waals surface area contributed by atoms with Gasteiger partial charge in [-0.25, -0.2) is 0 Å². The van der Waals surface area contributed by atoms with E-state index in [1.54, 1.807) is 0 Å². The van der Waals surface area contributed by atoms with Crippen LogP contribution < -0.4 is 15.5 Å². The van der Waals surface area contributed by atoms with Crippen LogP contribution in [0.15, 0.2) is 35.3 Å². The van der Waals surface area contributed by atoms with Gasteiger partial charge in [0.2, 0.25) is 0 Å². The highest BCUT2D eigenvalue weighted by molar-refractivity contribution is 5.79. The number of guanidine groups is 1. The van der Waals surface area contributed by atoms with E-state index in [-0.39, 0.29) is 0 Å². The zero-order chi connectivity index (χ0) is 19.4. The molecule has 2 saturated heterocycles. The molecule has 0 amide bonds. The zero-order valence-electron chi connectivity index (χ0n) is 17.2. The van der Waals surface area contributed by atoms with Crippen LogP contribution in [0.3, 0.4) is 0 Å². The number of hydrogen-bond donors (Lipinski definition) is 2. The highest BCUT2D eigenvalue weighted by Crippen LogP contribution is 2.23. The average Bonchev–Trinajstić information content (AvgIpc) is 3.41. The summed E-state index contributed by atoms with van der Waals surface area (Å²) in [6.07, 6.45) is 4.80. The van der Waals surface area contributed by atoms with E-state index in [0.717, 1.165) is 71.3 Å². The third-order valence-corrected chi connectivity index (χ3v) is 5.34. The Kier molecular flexibility index (Phi) is 8.91. The number of benzene rings is 1. The van der Waals surface area contributed by atoms with E-state index in [2.05, 4.69) is 52.8 Å². The van der Waals surface area contributed by atoms with Crippen LogP contribution in [0, 0.1) is 5.92 Å². The standard InChI is InChI=1S/C22H36N4O2/c1-2-23-22(24-12-7-14-27-18-21-10-6-15-28-21)25-16-19-11-13-26(17-19)20-8-4-3-5-9-20/h3-5,8-9,19,21H,2,6-7,10-18H2,1H3,(H2,23,24,25). The van der Waals surface area contributed by atoms with E-state index in [4.69, 9.17) is 14.5 Å². The summed E-state index contributed by atoms with van der Waals surface area (Å²) >= 11 is 0. The quantitative estimate of drug-likeness (QED) is 0.367. The molecule has 0 aliphatic carbocycles. The maximum absolute atomic E-state index is 5.72. The first-order chi connectivity index (χ1) is 13.8. The maximum atomic E-state index is 5.72. The van der Waals surface area contributed by atoms with Crippen molar-refractivity contribution >= 4 is 11.6 Å². The molecule has 1 aromatic carbocycles. The number of nitrogens with one attached hydrogen (secondary N) is 2. The lowest BCUT2D eigenvalue weighted by Crippen LogP contribution is -2.38. The molecule has 2 aliphatic heterocycles. The number of aliphatic imine (C=N–C) groups is 1. The van der Waals surface area contributed by atoms with Gasteiger partial charge < -0.3 is 25.0 Å². The van der Waals surface area contributed by atoms with Crippen LogP contribution >= 0.6 is 0 Å². The maximum Gasteiger partial charge on any atom is 0.191 e. The largest absolute Gasteiger partial charge is 0.379 e. The molecule has 0 radical (unpaired) electrons. The molecule has 0 saturated carbocycles. The van der Waals surface area contributed by atoms with Crippen molar-refractivity contribution in [2.45, 2.75) is 38.7 Å². The molecule has 2 heterocycles. The Morgan fingerprint density at radius 1 is 1.25 bits per heavy atom. The van der Waals surface area contributed by atoms with Crippen LogP contribution in [0.25, 0.3) is 0 Å². The van der Waals surface area contributed by atoms with Crippen molar-refractivity contribution < 1.29 is 9.47 Å². The lowest BCUT2D eigenvalue weighted by molar-refractivity contribution is 0.0168. The molecule has 28 heavy (non-hydrogen) atoms. The second-order valence-electron chi connectivity index (χ2n) is 7.65. The van der Waals surface area contributed by atoms with Gasteiger partial charge in [0.05, 0.1) is 12.7 Å². The molecule has 2 unspecified atom stereocenters. The summed E-state index contributed by atoms with van der Waals surface area (Å²) in [5.41, 5.74) is 1.32. The first kappa shape index (κ1) is 20.9. The summed E-state index contributed by atoms with van der Waals surface area (Å²) in [5.74, 6) is 1.53. The van der Waals surface area contributed by atoms with Crippen LogP contribution in [-0.2, 0) is 9.47 Å². The minimum atomic E-state index is 0.314. The number of nitrogens with zero attached hydrogens (tertiary/aromatic N) is 2. The Labute approximate surface area is 169 Å². The molecule has 1 aromatic rings. The molecular formula is C22H36N4O2. The Morgan fingerprint density at radius 3 is 2.93 bits per heavy atom. The number of hydrogen-bond acceptors (Lipinski definition) is 4. The second kappa shape index (κ2) is 11.9. The third kappa shape index (κ3) is 6.99. The Balaban J connectivity index is 1.32. The SMILES string of the molecule is CCNC(=NCC1CCN(c2ccccc2)C1)NCCCOCC1CCCO1. The molecule has 0 spiro atoms. The van der Waals surface area contributed by atoms with Crippen molar-refractivity contribution in [3.63, 3.8) is 0 Å². The molecule has 156 valence electrons. The predicted molar refractivity (Wildman–Crippen MR) is 115 cm³/mol. The van der Waals surface area contributed by atoms with Crippen LogP contribution in [0.1, 0.15) is 32.6 Å². The summed E-state index contributed by atoms with van der Waals surface area (Å²) < 4.78 is 11.3. The normalized spacial score (nSPS) is 22.6. The van der Waals surface area contributed by atoms with Crippen molar-refractivity contribution in [3.8, 4) is 0 Å². The molecule has 0 bridgehead atoms. The number of rotatable bonds is 10. The summed E-state index contributed by atoms with van der Waals surface area (Å²) in [7, 11) is 0. The van der Waals surface area contributed by atoms with E-state index in [1.165, 1.54) is 18.5 Å². The highest BCUT2D eigenvalue weighted by atomic mass is 16.5. The van der Waals surface area contributed by atoms with E-state index in [9.17, 15) is 0 Å². The average molecular weight is 389 g/mol. The van der Waals surface area contributed by atoms with Crippen LogP contribution in [-0.4, -0.2) is 64.6 Å². The summed E-state index contributed by atoms with van der Waals surface area (Å²) in [6, 6.07) is 10.7. The van der Waals surface area contributed by atoms with Crippen molar-refractivity contribution in [2.75, 3.05) is 57.4 Å². The molecule has 0 aromatic heterocycles. The number of para-hydroxylation sites is 1. The smallest absolute Gasteiger partial charge is 0.191 e. The Morgan fingerprint density at radius 2 is 2.14 bits per heavy atom. The Hall–Kier alpha value is -1.79. The van der Waals surface area contributed by atoms with Crippen molar-refractivity contribution in [1.82, 2.24) is 10.6 Å². The monoisotopic (exact) mass is 388 g/mol. The molecule has 6 nitrogen and oxygen atoms in total. The Bertz CT molecular complexity index is 575. The van der Waals surface area contributed by atoms with Gasteiger partial charge in [0.15, 0.2) is 5.96 Å². The molecule has 2 aliphatic rings. The molecule has 2 fully saturated rings. The van der Waals surface area contributed by atoms with Gasteiger partial charge in [-0.3, -0.25) is 4.99 Å². The zero-order valence-corrected chi connectivity index (χ0v) is 17.2. The van der Waals surface area contributed by atoms with Gasteiger partial charge in [0.1, 0.15) is 0 Å². The predicted octanol–water partition coefficient (Wildman–Crippen LogP) is 2.65. The first-order valence-corrected chi connectivity index (χ1v) is 10.9. The lowest BCUT2D eigenvalue weighted by atomic mass is 10.1. The second-order valence-corrected chi connectivity index (χ2v) is 7.65. The van der Waals surface area contributed by atoms with Crippen LogP contribution in [0.4, 0.5) is 5.69 Å². The topological polar surface area (TPSA) is 58.1 Å². The third-order valence-electron chi connectivity index (χ3n) is 5.34. The van der Waals surface area contributed by atoms with Gasteiger partial charge in [-0.1, -0.05) is 18.2 Å². The van der Waals surface area contributed by atoms with E-state index in [1.807, 2.05) is 0 Å². The summed E-state index contributed by atoms with van der Waals surface area (Å²) in [5, 5.41) is 6.78. The van der Waals surface area contributed by atoms with Gasteiger partial charge >= 0.3 is 0 Å². The van der Waals surface area contributed by atoms with Crippen LogP contribution in [0.2, 0.25) is 0 Å². The van der Waals surface area contributed by atoms with Crippen molar-refractivity contribution in [1.29, 1.82) is 0 Å². The van der Waals surface area contributed by atoms with Gasteiger partial charge in [-0.2, -0.15) is 0 Å². The fourth-order valence-corrected chi connectivity index (χ4v) is 3.79. The van der Waals surface area contributed by atoms with Gasteiger partial charge in [-0.05, 0) is 50.7 Å². The fraction of sp³-hybridized carbons (Fsp3) is 0.682. The molecule has 6 heteroatoms. The van der Waals surface area contributed by atoms with E-state index in [0.29, 0.717) is 12.0 Å². The molecule has 2 N–H and O–H groups in total. The minimum absolute atomic E-state index is 0.314. The first-order valence-electron chi connectivity index (χ1n) is 10.9. The molecular weight excluding hydrogens is 352 g/mol. The summed E-state index contributed by atoms with van der Waals surface area (Å²) in [4.78, 5) is 7.28. The van der Waals surface area contributed by atoms with Crippen molar-refractivity contribution in [3.05, 3.63) is 30.3 Å². The lowest BCUT2D eigenvalue weighted by Gasteiger charge is -2.18. The minimum Gasteiger partial charge on any atom is -0.379 e. The van der Waals surface area contributed by atoms with Crippen molar-refractivity contribution in [2.24, 2.45) is 10.9 Å². The molecule has 2 atom stereocenters. The van der Waals surface area contributed by atoms with Gasteiger partial charge in [-0.15, -0.1) is 0 Å². The van der Waals surface area contributed by atoms with E-state index < -0.39 is 0 Å². The van der Waals surface area contributed by atoms with Gasteiger partial charge in [0, 0.05) is 51.6 Å².